The normalized spacial score (nSPS) is 26.0. The molecule has 4 saturated heterocycles. The van der Waals surface area contributed by atoms with Gasteiger partial charge in [0.05, 0.1) is 12.6 Å². The van der Waals surface area contributed by atoms with Crippen LogP contribution in [0, 0.1) is 5.92 Å². The number of benzene rings is 1. The molecule has 1 aromatic rings. The Kier molecular flexibility index (Phi) is 7.79. The van der Waals surface area contributed by atoms with Gasteiger partial charge < -0.3 is 24.8 Å². The summed E-state index contributed by atoms with van der Waals surface area (Å²) in [6, 6.07) is 6.97. The van der Waals surface area contributed by atoms with Crippen molar-refractivity contribution in [3.63, 3.8) is 0 Å². The lowest BCUT2D eigenvalue weighted by atomic mass is 10.0. The molecule has 5 rings (SSSR count). The molecule has 0 spiro atoms. The summed E-state index contributed by atoms with van der Waals surface area (Å²) >= 11 is 0. The minimum Gasteiger partial charge on any atom is -0.372 e. The highest BCUT2D eigenvalue weighted by molar-refractivity contribution is 5.98. The Hall–Kier alpha value is -2.94. The van der Waals surface area contributed by atoms with Gasteiger partial charge in [-0.15, -0.1) is 0 Å². The van der Waals surface area contributed by atoms with Gasteiger partial charge in [-0.2, -0.15) is 0 Å². The molecule has 0 aliphatic carbocycles. The van der Waals surface area contributed by atoms with Gasteiger partial charge in [0.25, 0.3) is 11.8 Å². The predicted octanol–water partition coefficient (Wildman–Crippen LogP) is 1.99. The average Bonchev–Trinajstić information content (AvgIpc) is 3.70. The average molecular weight is 511 g/mol. The van der Waals surface area contributed by atoms with Gasteiger partial charge in [0, 0.05) is 50.5 Å². The van der Waals surface area contributed by atoms with E-state index in [0.717, 1.165) is 25.2 Å². The first-order chi connectivity index (χ1) is 17.9. The molecule has 0 radical (unpaired) electrons. The van der Waals surface area contributed by atoms with E-state index in [-0.39, 0.29) is 42.0 Å². The highest BCUT2D eigenvalue weighted by Crippen LogP contribution is 2.32. The first kappa shape index (κ1) is 25.7. The van der Waals surface area contributed by atoms with Crippen LogP contribution in [0.15, 0.2) is 24.3 Å². The molecule has 1 aromatic carbocycles. The van der Waals surface area contributed by atoms with Gasteiger partial charge in [0.2, 0.25) is 5.91 Å². The van der Waals surface area contributed by atoms with Crippen LogP contribution in [0.25, 0.3) is 0 Å². The Labute approximate surface area is 218 Å². The first-order valence-electron chi connectivity index (χ1n) is 13.8. The van der Waals surface area contributed by atoms with Crippen molar-refractivity contribution in [1.29, 1.82) is 0 Å². The Morgan fingerprint density at radius 2 is 1.78 bits per heavy atom. The Morgan fingerprint density at radius 3 is 2.49 bits per heavy atom. The Balaban J connectivity index is 1.07. The second kappa shape index (κ2) is 11.2. The molecule has 0 saturated carbocycles. The number of anilines is 1. The summed E-state index contributed by atoms with van der Waals surface area (Å²) in [6.07, 6.45) is 5.15. The molecule has 3 amide bonds. The highest BCUT2D eigenvalue weighted by Gasteiger charge is 2.52. The quantitative estimate of drug-likeness (QED) is 0.574. The van der Waals surface area contributed by atoms with Crippen LogP contribution in [0.2, 0.25) is 0 Å². The van der Waals surface area contributed by atoms with Crippen molar-refractivity contribution in [3.8, 4) is 0 Å². The highest BCUT2D eigenvalue weighted by atomic mass is 16.5. The number of nitrogens with zero attached hydrogens (tertiary/aromatic N) is 3. The summed E-state index contributed by atoms with van der Waals surface area (Å²) < 4.78 is 5.53. The van der Waals surface area contributed by atoms with Gasteiger partial charge in [0.15, 0.2) is 5.78 Å². The van der Waals surface area contributed by atoms with E-state index in [0.29, 0.717) is 50.9 Å². The van der Waals surface area contributed by atoms with Crippen LogP contribution < -0.4 is 10.2 Å². The molecular formula is C28H38N4O5. The molecule has 0 bridgehead atoms. The molecule has 200 valence electrons. The molecule has 4 heterocycles. The number of rotatable bonds is 8. The van der Waals surface area contributed by atoms with E-state index >= 15 is 0 Å². The number of ketones is 1. The van der Waals surface area contributed by atoms with Gasteiger partial charge in [-0.1, -0.05) is 6.92 Å². The van der Waals surface area contributed by atoms with E-state index in [1.165, 1.54) is 12.8 Å². The maximum Gasteiger partial charge on any atom is 0.252 e. The molecule has 4 unspecified atom stereocenters. The maximum absolute atomic E-state index is 13.1. The summed E-state index contributed by atoms with van der Waals surface area (Å²) in [6.45, 7) is 5.76. The van der Waals surface area contributed by atoms with Crippen molar-refractivity contribution in [2.75, 3.05) is 44.2 Å². The zero-order valence-corrected chi connectivity index (χ0v) is 21.7. The van der Waals surface area contributed by atoms with E-state index in [9.17, 15) is 19.2 Å². The van der Waals surface area contributed by atoms with Crippen LogP contribution in [0.5, 0.6) is 0 Å². The largest absolute Gasteiger partial charge is 0.372 e. The molecule has 4 aliphatic rings. The van der Waals surface area contributed by atoms with Crippen molar-refractivity contribution in [3.05, 3.63) is 29.8 Å². The lowest BCUT2D eigenvalue weighted by Gasteiger charge is -2.26. The SMILES string of the molecule is CC(CCNC(=O)c1ccc(N2CCCC2)cc1)CC(=O)N1CCC2C1C(=O)CN2C(=O)C1CCCO1. The van der Waals surface area contributed by atoms with Crippen LogP contribution in [0.1, 0.15) is 62.2 Å². The van der Waals surface area contributed by atoms with E-state index in [1.807, 2.05) is 31.2 Å². The zero-order valence-electron chi connectivity index (χ0n) is 21.7. The number of fused-ring (bicyclic) bond motifs is 1. The molecule has 9 heteroatoms. The van der Waals surface area contributed by atoms with Gasteiger partial charge >= 0.3 is 0 Å². The number of hydrogen-bond donors (Lipinski definition) is 1. The van der Waals surface area contributed by atoms with Crippen molar-refractivity contribution in [2.24, 2.45) is 5.92 Å². The number of carbonyl (C=O) groups is 4. The number of hydrogen-bond acceptors (Lipinski definition) is 6. The Morgan fingerprint density at radius 1 is 1.03 bits per heavy atom. The van der Waals surface area contributed by atoms with Crippen LogP contribution in [0.3, 0.4) is 0 Å². The predicted molar refractivity (Wildman–Crippen MR) is 138 cm³/mol. The van der Waals surface area contributed by atoms with Gasteiger partial charge in [-0.25, -0.2) is 0 Å². The van der Waals surface area contributed by atoms with Crippen LogP contribution in [-0.2, 0) is 19.1 Å². The summed E-state index contributed by atoms with van der Waals surface area (Å²) in [5.74, 6) is -0.268. The smallest absolute Gasteiger partial charge is 0.252 e. The Bertz CT molecular complexity index is 1020. The van der Waals surface area contributed by atoms with E-state index in [1.54, 1.807) is 9.80 Å². The molecule has 4 atom stereocenters. The number of nitrogens with one attached hydrogen (secondary N) is 1. The fourth-order valence-electron chi connectivity index (χ4n) is 6.20. The third kappa shape index (κ3) is 5.51. The lowest BCUT2D eigenvalue weighted by Crippen LogP contribution is -2.45. The molecule has 4 aliphatic heterocycles. The fourth-order valence-corrected chi connectivity index (χ4v) is 6.20. The fraction of sp³-hybridized carbons (Fsp3) is 0.643. The minimum atomic E-state index is -0.534. The lowest BCUT2D eigenvalue weighted by molar-refractivity contribution is -0.142. The van der Waals surface area contributed by atoms with Crippen molar-refractivity contribution in [2.45, 2.75) is 70.1 Å². The second-order valence-corrected chi connectivity index (χ2v) is 10.9. The maximum atomic E-state index is 13.1. The number of carbonyl (C=O) groups excluding carboxylic acids is 4. The van der Waals surface area contributed by atoms with Crippen molar-refractivity contribution in [1.82, 2.24) is 15.1 Å². The molecular weight excluding hydrogens is 472 g/mol. The molecule has 0 aromatic heterocycles. The topological polar surface area (TPSA) is 99.3 Å². The van der Waals surface area contributed by atoms with Crippen LogP contribution in [-0.4, -0.2) is 90.8 Å². The second-order valence-electron chi connectivity index (χ2n) is 10.9. The summed E-state index contributed by atoms with van der Waals surface area (Å²) in [5, 5.41) is 2.96. The van der Waals surface area contributed by atoms with Crippen LogP contribution in [0.4, 0.5) is 5.69 Å². The first-order valence-corrected chi connectivity index (χ1v) is 13.8. The number of Topliss-reactive ketones (excluding diaryl/α,β-unsaturated/α-hetero) is 1. The molecule has 1 N–H and O–H groups in total. The molecule has 9 nitrogen and oxygen atoms in total. The summed E-state index contributed by atoms with van der Waals surface area (Å²) in [5.41, 5.74) is 1.79. The zero-order chi connectivity index (χ0) is 25.9. The number of likely N-dealkylation sites (tertiary alicyclic amines) is 2. The van der Waals surface area contributed by atoms with E-state index < -0.39 is 12.1 Å². The third-order valence-corrected chi connectivity index (χ3v) is 8.28. The van der Waals surface area contributed by atoms with E-state index in [4.69, 9.17) is 4.74 Å². The monoisotopic (exact) mass is 510 g/mol. The van der Waals surface area contributed by atoms with Crippen molar-refractivity contribution >= 4 is 29.2 Å². The third-order valence-electron chi connectivity index (χ3n) is 8.28. The van der Waals surface area contributed by atoms with Gasteiger partial charge in [0.1, 0.15) is 12.1 Å². The van der Waals surface area contributed by atoms with Gasteiger partial charge in [-0.05, 0) is 68.7 Å². The van der Waals surface area contributed by atoms with Crippen molar-refractivity contribution < 1.29 is 23.9 Å². The van der Waals surface area contributed by atoms with E-state index in [2.05, 4.69) is 10.2 Å². The summed E-state index contributed by atoms with van der Waals surface area (Å²) in [4.78, 5) is 56.9. The van der Waals surface area contributed by atoms with Gasteiger partial charge in [-0.3, -0.25) is 19.2 Å². The minimum absolute atomic E-state index is 0.0522. The summed E-state index contributed by atoms with van der Waals surface area (Å²) in [7, 11) is 0. The molecule has 4 fully saturated rings. The molecule has 37 heavy (non-hydrogen) atoms. The number of amides is 3. The number of ether oxygens (including phenoxy) is 1. The standard InChI is InChI=1S/C28H38N4O5/c1-19(10-12-29-27(35)20-6-8-21(9-7-20)30-13-2-3-14-30)17-25(34)31-15-11-22-26(31)23(33)18-32(22)28(36)24-5-4-16-37-24/h6-9,19,22,24,26H,2-5,10-18H2,1H3,(H,29,35). The van der Waals surface area contributed by atoms with Crippen LogP contribution >= 0.6 is 0 Å².